The molecule has 2 aromatic heterocycles. The van der Waals surface area contributed by atoms with Crippen LogP contribution in [0.5, 0.6) is 5.75 Å². The van der Waals surface area contributed by atoms with Crippen molar-refractivity contribution < 1.29 is 14.3 Å². The first kappa shape index (κ1) is 20.7. The van der Waals surface area contributed by atoms with Crippen molar-refractivity contribution in [1.29, 1.82) is 0 Å². The van der Waals surface area contributed by atoms with Crippen LogP contribution in [0.15, 0.2) is 91.3 Å². The smallest absolute Gasteiger partial charge is 0.189 e. The first-order valence-corrected chi connectivity index (χ1v) is 9.79. The quantitative estimate of drug-likeness (QED) is 0.199. The SMILES string of the molecule is O=C(/C=C/c1cccnc1Nc1ccc(F)cc1)c1cccnc1Nc1ccc(O)cc1. The predicted molar refractivity (Wildman–Crippen MR) is 123 cm³/mol. The summed E-state index contributed by atoms with van der Waals surface area (Å²) in [5.74, 6) is 0.532. The van der Waals surface area contributed by atoms with Gasteiger partial charge in [-0.05, 0) is 84.9 Å². The van der Waals surface area contributed by atoms with E-state index >= 15 is 0 Å². The Kier molecular flexibility index (Phi) is 6.17. The second kappa shape index (κ2) is 9.53. The van der Waals surface area contributed by atoms with Crippen LogP contribution in [-0.2, 0) is 0 Å². The molecule has 0 aliphatic rings. The molecule has 0 saturated carbocycles. The van der Waals surface area contributed by atoms with Crippen molar-refractivity contribution in [3.05, 3.63) is 108 Å². The van der Waals surface area contributed by atoms with E-state index in [1.165, 1.54) is 18.2 Å². The number of carbonyl (C=O) groups excluding carboxylic acids is 1. The van der Waals surface area contributed by atoms with E-state index in [-0.39, 0.29) is 17.3 Å². The first-order chi connectivity index (χ1) is 15.6. The number of nitrogens with zero attached hydrogens (tertiary/aromatic N) is 2. The molecular formula is C25H19FN4O2. The standard InChI is InChI=1S/C25H19FN4O2/c26-18-6-8-19(9-7-18)29-24-17(3-1-15-27-24)5-14-23(32)22-4-2-16-28-25(22)30-20-10-12-21(31)13-11-20/h1-16,31H,(H,27,29)(H,28,30)/b14-5+. The van der Waals surface area contributed by atoms with Gasteiger partial charge in [-0.3, -0.25) is 4.79 Å². The average molecular weight is 426 g/mol. The predicted octanol–water partition coefficient (Wildman–Crippen LogP) is 5.70. The van der Waals surface area contributed by atoms with Crippen molar-refractivity contribution in [2.45, 2.75) is 0 Å². The van der Waals surface area contributed by atoms with Crippen LogP contribution in [0, 0.1) is 5.82 Å². The van der Waals surface area contributed by atoms with Gasteiger partial charge in [-0.1, -0.05) is 0 Å². The van der Waals surface area contributed by atoms with Gasteiger partial charge in [0, 0.05) is 29.3 Å². The fourth-order valence-electron chi connectivity index (χ4n) is 2.97. The van der Waals surface area contributed by atoms with Gasteiger partial charge >= 0.3 is 0 Å². The van der Waals surface area contributed by atoms with Crippen molar-refractivity contribution in [2.75, 3.05) is 10.6 Å². The summed E-state index contributed by atoms with van der Waals surface area (Å²) >= 11 is 0. The Hall–Kier alpha value is -4.52. The monoisotopic (exact) mass is 426 g/mol. The fourth-order valence-corrected chi connectivity index (χ4v) is 2.97. The summed E-state index contributed by atoms with van der Waals surface area (Å²) in [6, 6.07) is 19.4. The van der Waals surface area contributed by atoms with Gasteiger partial charge in [0.05, 0.1) is 5.56 Å². The summed E-state index contributed by atoms with van der Waals surface area (Å²) in [6.07, 6.45) is 6.34. The molecule has 0 aliphatic heterocycles. The number of allylic oxidation sites excluding steroid dienone is 1. The van der Waals surface area contributed by atoms with Crippen LogP contribution in [0.25, 0.3) is 6.08 Å². The van der Waals surface area contributed by atoms with Gasteiger partial charge in [-0.25, -0.2) is 14.4 Å². The number of halogens is 1. The number of benzene rings is 2. The molecule has 0 bridgehead atoms. The Labute approximate surface area is 184 Å². The maximum absolute atomic E-state index is 13.2. The minimum atomic E-state index is -0.324. The molecule has 4 aromatic rings. The van der Waals surface area contributed by atoms with Crippen LogP contribution in [0.4, 0.5) is 27.4 Å². The first-order valence-electron chi connectivity index (χ1n) is 9.79. The van der Waals surface area contributed by atoms with Crippen LogP contribution in [0.2, 0.25) is 0 Å². The Bertz CT molecular complexity index is 1260. The van der Waals surface area contributed by atoms with Gasteiger partial charge in [0.1, 0.15) is 23.2 Å². The third-order valence-corrected chi connectivity index (χ3v) is 4.56. The van der Waals surface area contributed by atoms with Crippen molar-refractivity contribution in [2.24, 2.45) is 0 Å². The van der Waals surface area contributed by atoms with Gasteiger partial charge in [0.25, 0.3) is 0 Å². The van der Waals surface area contributed by atoms with Gasteiger partial charge < -0.3 is 15.7 Å². The number of phenolic OH excluding ortho intramolecular Hbond substituents is 1. The van der Waals surface area contributed by atoms with Gasteiger partial charge in [0.15, 0.2) is 5.78 Å². The summed E-state index contributed by atoms with van der Waals surface area (Å²) < 4.78 is 13.2. The molecule has 0 atom stereocenters. The van der Waals surface area contributed by atoms with E-state index in [4.69, 9.17) is 0 Å². The third kappa shape index (κ3) is 5.14. The fraction of sp³-hybridized carbons (Fsp3) is 0. The highest BCUT2D eigenvalue weighted by Crippen LogP contribution is 2.23. The minimum absolute atomic E-state index is 0.150. The lowest BCUT2D eigenvalue weighted by Crippen LogP contribution is -2.03. The van der Waals surface area contributed by atoms with Gasteiger partial charge in [-0.2, -0.15) is 0 Å². The molecular weight excluding hydrogens is 407 g/mol. The van der Waals surface area contributed by atoms with E-state index in [0.717, 1.165) is 0 Å². The Morgan fingerprint density at radius 2 is 1.41 bits per heavy atom. The number of ketones is 1. The molecule has 0 fully saturated rings. The van der Waals surface area contributed by atoms with Crippen molar-refractivity contribution in [3.8, 4) is 5.75 Å². The van der Waals surface area contributed by atoms with Gasteiger partial charge in [-0.15, -0.1) is 0 Å². The number of aromatic hydroxyl groups is 1. The van der Waals surface area contributed by atoms with Crippen molar-refractivity contribution in [1.82, 2.24) is 9.97 Å². The molecule has 0 unspecified atom stereocenters. The van der Waals surface area contributed by atoms with Crippen LogP contribution >= 0.6 is 0 Å². The number of hydrogen-bond acceptors (Lipinski definition) is 6. The number of aromatic nitrogens is 2. The van der Waals surface area contributed by atoms with Crippen LogP contribution < -0.4 is 10.6 Å². The molecule has 2 aromatic carbocycles. The molecule has 0 aliphatic carbocycles. The Morgan fingerprint density at radius 3 is 2.12 bits per heavy atom. The van der Waals surface area contributed by atoms with E-state index in [0.29, 0.717) is 34.1 Å². The van der Waals surface area contributed by atoms with Gasteiger partial charge in [0.2, 0.25) is 0 Å². The molecule has 0 radical (unpaired) electrons. The third-order valence-electron chi connectivity index (χ3n) is 4.56. The number of phenols is 1. The highest BCUT2D eigenvalue weighted by atomic mass is 19.1. The van der Waals surface area contributed by atoms with E-state index in [2.05, 4.69) is 20.6 Å². The zero-order valence-electron chi connectivity index (χ0n) is 16.9. The lowest BCUT2D eigenvalue weighted by molar-refractivity contribution is 0.104. The molecule has 158 valence electrons. The molecule has 6 nitrogen and oxygen atoms in total. The molecule has 7 heteroatoms. The largest absolute Gasteiger partial charge is 0.508 e. The average Bonchev–Trinajstić information content (AvgIpc) is 2.81. The molecule has 32 heavy (non-hydrogen) atoms. The number of pyridine rings is 2. The number of hydrogen-bond donors (Lipinski definition) is 3. The van der Waals surface area contributed by atoms with E-state index in [9.17, 15) is 14.3 Å². The number of nitrogens with one attached hydrogen (secondary N) is 2. The lowest BCUT2D eigenvalue weighted by Gasteiger charge is -2.10. The number of anilines is 4. The molecule has 0 amide bonds. The summed E-state index contributed by atoms with van der Waals surface area (Å²) in [5.41, 5.74) is 2.46. The Morgan fingerprint density at radius 1 is 0.812 bits per heavy atom. The van der Waals surface area contributed by atoms with Crippen LogP contribution in [0.1, 0.15) is 15.9 Å². The summed E-state index contributed by atoms with van der Waals surface area (Å²) in [7, 11) is 0. The normalized spacial score (nSPS) is 10.8. The van der Waals surface area contributed by atoms with E-state index < -0.39 is 0 Å². The second-order valence-corrected chi connectivity index (χ2v) is 6.84. The molecule has 0 spiro atoms. The maximum Gasteiger partial charge on any atom is 0.189 e. The zero-order valence-corrected chi connectivity index (χ0v) is 16.9. The van der Waals surface area contributed by atoms with E-state index in [1.807, 2.05) is 6.07 Å². The van der Waals surface area contributed by atoms with Crippen LogP contribution in [-0.4, -0.2) is 20.9 Å². The Balaban J connectivity index is 1.54. The molecule has 0 saturated heterocycles. The van der Waals surface area contributed by atoms with Crippen LogP contribution in [0.3, 0.4) is 0 Å². The number of carbonyl (C=O) groups is 1. The number of rotatable bonds is 7. The highest BCUT2D eigenvalue weighted by molar-refractivity contribution is 6.10. The van der Waals surface area contributed by atoms with Crippen molar-refractivity contribution >= 4 is 34.9 Å². The molecule has 4 rings (SSSR count). The summed E-state index contributed by atoms with van der Waals surface area (Å²) in [6.45, 7) is 0. The minimum Gasteiger partial charge on any atom is -0.508 e. The molecule has 3 N–H and O–H groups in total. The second-order valence-electron chi connectivity index (χ2n) is 6.84. The maximum atomic E-state index is 13.2. The highest BCUT2D eigenvalue weighted by Gasteiger charge is 2.11. The van der Waals surface area contributed by atoms with E-state index in [1.54, 1.807) is 73.1 Å². The van der Waals surface area contributed by atoms with Crippen molar-refractivity contribution in [3.63, 3.8) is 0 Å². The zero-order chi connectivity index (χ0) is 22.3. The lowest BCUT2D eigenvalue weighted by atomic mass is 10.1. The summed E-state index contributed by atoms with van der Waals surface area (Å²) in [4.78, 5) is 21.5. The topological polar surface area (TPSA) is 87.1 Å². The summed E-state index contributed by atoms with van der Waals surface area (Å²) in [5, 5.41) is 15.7. The molecule has 2 heterocycles.